The van der Waals surface area contributed by atoms with Gasteiger partial charge in [0.25, 0.3) is 0 Å². The fourth-order valence-corrected chi connectivity index (χ4v) is 0.572. The average Bonchev–Trinajstić information content (AvgIpc) is 2.14. The van der Waals surface area contributed by atoms with Gasteiger partial charge in [-0.2, -0.15) is 0 Å². The number of rotatable bonds is 1. The van der Waals surface area contributed by atoms with E-state index in [0.717, 1.165) is 13.2 Å². The van der Waals surface area contributed by atoms with Crippen molar-refractivity contribution in [2.45, 2.75) is 13.3 Å². The Bertz CT molecular complexity index is 48.0. The van der Waals surface area contributed by atoms with E-state index in [1.807, 2.05) is 0 Å². The largest absolute Gasteiger partial charge is 0.236 e. The van der Waals surface area contributed by atoms with Crippen molar-refractivity contribution in [3.05, 3.63) is 0 Å². The maximum atomic E-state index is 4.65. The molecule has 0 unspecified atom stereocenters. The van der Waals surface area contributed by atoms with Crippen LogP contribution in [0.25, 0.3) is 0 Å². The van der Waals surface area contributed by atoms with E-state index in [4.69, 9.17) is 0 Å². The lowest BCUT2D eigenvalue weighted by atomic mass is 10.1. The Labute approximate surface area is 43.3 Å². The molecule has 0 atom stereocenters. The lowest BCUT2D eigenvalue weighted by Gasteiger charge is -1.94. The highest BCUT2D eigenvalue weighted by Gasteiger charge is 2.13. The molecule has 1 aliphatic heterocycles. The van der Waals surface area contributed by atoms with Gasteiger partial charge >= 0.3 is 0 Å². The molecule has 1 saturated heterocycles. The van der Waals surface area contributed by atoms with E-state index in [0.29, 0.717) is 5.92 Å². The first kappa shape index (κ1) is 5.06. The summed E-state index contributed by atoms with van der Waals surface area (Å²) in [5.41, 5.74) is 0. The summed E-state index contributed by atoms with van der Waals surface area (Å²) in [7, 11) is 0. The monoisotopic (exact) mass is 102 g/mol. The van der Waals surface area contributed by atoms with Crippen molar-refractivity contribution in [1.82, 2.24) is 0 Å². The van der Waals surface area contributed by atoms with Crippen LogP contribution in [-0.2, 0) is 9.78 Å². The van der Waals surface area contributed by atoms with Gasteiger partial charge in [0.05, 0.1) is 13.2 Å². The first-order chi connectivity index (χ1) is 3.43. The zero-order valence-electron chi connectivity index (χ0n) is 4.52. The molecule has 42 valence electrons. The molecule has 1 rings (SSSR count). The average molecular weight is 102 g/mol. The first-order valence-corrected chi connectivity index (χ1v) is 2.68. The second-order valence-corrected chi connectivity index (χ2v) is 1.84. The number of hydrogen-bond acceptors (Lipinski definition) is 2. The Morgan fingerprint density at radius 3 is 2.29 bits per heavy atom. The van der Waals surface area contributed by atoms with Crippen molar-refractivity contribution < 1.29 is 9.78 Å². The van der Waals surface area contributed by atoms with Gasteiger partial charge in [-0.05, 0) is 6.42 Å². The molecule has 1 fully saturated rings. The van der Waals surface area contributed by atoms with E-state index >= 15 is 0 Å². The highest BCUT2D eigenvalue weighted by molar-refractivity contribution is 4.54. The van der Waals surface area contributed by atoms with Crippen molar-refractivity contribution in [2.75, 3.05) is 13.2 Å². The lowest BCUT2D eigenvalue weighted by Crippen LogP contribution is -1.99. The van der Waals surface area contributed by atoms with Gasteiger partial charge in [0, 0.05) is 5.92 Å². The fraction of sp³-hybridized carbons (Fsp3) is 1.00. The van der Waals surface area contributed by atoms with Gasteiger partial charge < -0.3 is 0 Å². The smallest absolute Gasteiger partial charge is 0.0873 e. The standard InChI is InChI=1S/C5H10O2/c1-2-5-3-6-7-4-5/h5H,2-4H2,1H3. The lowest BCUT2D eigenvalue weighted by molar-refractivity contribution is -0.248. The van der Waals surface area contributed by atoms with Gasteiger partial charge in [0.15, 0.2) is 0 Å². The maximum absolute atomic E-state index is 4.65. The van der Waals surface area contributed by atoms with Crippen molar-refractivity contribution in [3.8, 4) is 0 Å². The highest BCUT2D eigenvalue weighted by Crippen LogP contribution is 2.10. The molecule has 2 heteroatoms. The first-order valence-electron chi connectivity index (χ1n) is 2.68. The molecule has 7 heavy (non-hydrogen) atoms. The molecule has 0 aromatic carbocycles. The summed E-state index contributed by atoms with van der Waals surface area (Å²) in [6.45, 7) is 3.72. The van der Waals surface area contributed by atoms with Crippen LogP contribution in [-0.4, -0.2) is 13.2 Å². The molecule has 0 amide bonds. The fourth-order valence-electron chi connectivity index (χ4n) is 0.572. The van der Waals surface area contributed by atoms with Crippen molar-refractivity contribution in [1.29, 1.82) is 0 Å². The summed E-state index contributed by atoms with van der Waals surface area (Å²) in [5, 5.41) is 0. The van der Waals surface area contributed by atoms with Crippen LogP contribution in [0.15, 0.2) is 0 Å². The van der Waals surface area contributed by atoms with Gasteiger partial charge in [0.2, 0.25) is 0 Å². The van der Waals surface area contributed by atoms with Crippen LogP contribution < -0.4 is 0 Å². The van der Waals surface area contributed by atoms with Crippen molar-refractivity contribution in [2.24, 2.45) is 5.92 Å². The molecule has 0 aromatic heterocycles. The van der Waals surface area contributed by atoms with Gasteiger partial charge in [-0.3, -0.25) is 0 Å². The molecule has 0 aliphatic carbocycles. The second-order valence-electron chi connectivity index (χ2n) is 1.84. The highest BCUT2D eigenvalue weighted by atomic mass is 17.2. The summed E-state index contributed by atoms with van der Waals surface area (Å²) < 4.78 is 0. The van der Waals surface area contributed by atoms with Crippen molar-refractivity contribution >= 4 is 0 Å². The summed E-state index contributed by atoms with van der Waals surface area (Å²) >= 11 is 0. The molecule has 0 radical (unpaired) electrons. The summed E-state index contributed by atoms with van der Waals surface area (Å²) in [5.74, 6) is 0.653. The minimum Gasteiger partial charge on any atom is -0.236 e. The molecule has 1 aliphatic rings. The Balaban J connectivity index is 2.14. The maximum Gasteiger partial charge on any atom is 0.0873 e. The Hall–Kier alpha value is -0.0800. The van der Waals surface area contributed by atoms with E-state index in [9.17, 15) is 0 Å². The second kappa shape index (κ2) is 2.28. The topological polar surface area (TPSA) is 18.5 Å². The van der Waals surface area contributed by atoms with E-state index in [-0.39, 0.29) is 0 Å². The van der Waals surface area contributed by atoms with Gasteiger partial charge in [-0.1, -0.05) is 6.92 Å². The van der Waals surface area contributed by atoms with Crippen LogP contribution in [0, 0.1) is 5.92 Å². The Morgan fingerprint density at radius 2 is 2.00 bits per heavy atom. The zero-order chi connectivity index (χ0) is 5.11. The SMILES string of the molecule is CCC1COOC1. The molecule has 0 spiro atoms. The molecule has 0 bridgehead atoms. The summed E-state index contributed by atoms with van der Waals surface area (Å²) in [4.78, 5) is 9.30. The van der Waals surface area contributed by atoms with Crippen LogP contribution >= 0.6 is 0 Å². The zero-order valence-corrected chi connectivity index (χ0v) is 4.52. The predicted octanol–water partition coefficient (Wildman–Crippen LogP) is 0.974. The molecule has 0 aromatic rings. The van der Waals surface area contributed by atoms with E-state index in [1.54, 1.807) is 0 Å². The summed E-state index contributed by atoms with van der Waals surface area (Å²) in [6.07, 6.45) is 1.17. The summed E-state index contributed by atoms with van der Waals surface area (Å²) in [6, 6.07) is 0. The quantitative estimate of drug-likeness (QED) is 0.459. The molecule has 2 nitrogen and oxygen atoms in total. The van der Waals surface area contributed by atoms with E-state index < -0.39 is 0 Å². The van der Waals surface area contributed by atoms with Crippen LogP contribution in [0.5, 0.6) is 0 Å². The van der Waals surface area contributed by atoms with Gasteiger partial charge in [0.1, 0.15) is 0 Å². The van der Waals surface area contributed by atoms with Gasteiger partial charge in [-0.25, -0.2) is 9.78 Å². The molecule has 1 heterocycles. The van der Waals surface area contributed by atoms with Crippen molar-refractivity contribution in [3.63, 3.8) is 0 Å². The predicted molar refractivity (Wildman–Crippen MR) is 25.7 cm³/mol. The third-order valence-corrected chi connectivity index (χ3v) is 1.27. The van der Waals surface area contributed by atoms with Crippen LogP contribution in [0.3, 0.4) is 0 Å². The molecule has 0 N–H and O–H groups in total. The van der Waals surface area contributed by atoms with E-state index in [2.05, 4.69) is 16.7 Å². The molecular formula is C5H10O2. The molecule has 0 saturated carbocycles. The third-order valence-electron chi connectivity index (χ3n) is 1.27. The minimum atomic E-state index is 0.653. The normalized spacial score (nSPS) is 23.6. The minimum absolute atomic E-state index is 0.653. The third kappa shape index (κ3) is 1.14. The van der Waals surface area contributed by atoms with Crippen LogP contribution in [0.4, 0.5) is 0 Å². The van der Waals surface area contributed by atoms with Crippen LogP contribution in [0.1, 0.15) is 13.3 Å². The van der Waals surface area contributed by atoms with Crippen LogP contribution in [0.2, 0.25) is 0 Å². The Morgan fingerprint density at radius 1 is 1.43 bits per heavy atom. The van der Waals surface area contributed by atoms with E-state index in [1.165, 1.54) is 6.42 Å². The Kier molecular flexibility index (Phi) is 1.65. The molecular weight excluding hydrogens is 92.1 g/mol. The number of hydrogen-bond donors (Lipinski definition) is 0. The van der Waals surface area contributed by atoms with Gasteiger partial charge in [-0.15, -0.1) is 0 Å².